The third-order valence-electron chi connectivity index (χ3n) is 3.87. The Balaban J connectivity index is 1.84. The van der Waals surface area contributed by atoms with Gasteiger partial charge in [-0.3, -0.25) is 9.59 Å². The molecule has 2 aromatic heterocycles. The second-order valence-electron chi connectivity index (χ2n) is 5.56. The minimum absolute atomic E-state index is 0.146. The first kappa shape index (κ1) is 16.3. The van der Waals surface area contributed by atoms with Crippen molar-refractivity contribution in [3.8, 4) is 0 Å². The molecular weight excluding hydrogens is 332 g/mol. The Morgan fingerprint density at radius 3 is 2.71 bits per heavy atom. The van der Waals surface area contributed by atoms with Crippen LogP contribution in [0, 0.1) is 13.8 Å². The van der Waals surface area contributed by atoms with E-state index in [1.807, 2.05) is 13.8 Å². The van der Waals surface area contributed by atoms with Crippen LogP contribution in [0.1, 0.15) is 42.1 Å². The smallest absolute Gasteiger partial charge is 0.355 e. The van der Waals surface area contributed by atoms with Crippen LogP contribution in [-0.2, 0) is 14.3 Å². The molecule has 1 aliphatic rings. The van der Waals surface area contributed by atoms with E-state index in [4.69, 9.17) is 4.74 Å². The number of esters is 1. The molecule has 0 aromatic carbocycles. The molecule has 3 rings (SSSR count). The van der Waals surface area contributed by atoms with Crippen LogP contribution in [0.3, 0.4) is 0 Å². The maximum Gasteiger partial charge on any atom is 0.355 e. The number of aryl methyl sites for hydroxylation is 2. The van der Waals surface area contributed by atoms with Crippen LogP contribution in [0.15, 0.2) is 9.90 Å². The highest BCUT2D eigenvalue weighted by molar-refractivity contribution is 7.18. The molecule has 0 saturated heterocycles. The summed E-state index contributed by atoms with van der Waals surface area (Å²) in [6, 6.07) is 0. The predicted octanol–water partition coefficient (Wildman–Crippen LogP) is 1.47. The normalized spacial score (nSPS) is 15.8. The quantitative estimate of drug-likeness (QED) is 0.816. The molecule has 0 unspecified atom stereocenters. The summed E-state index contributed by atoms with van der Waals surface area (Å²) in [5.74, 6) is -0.592. The Bertz CT molecular complexity index is 927. The molecule has 2 N–H and O–H groups in total. The van der Waals surface area contributed by atoms with Crippen molar-refractivity contribution >= 4 is 39.1 Å². The number of hydrogen-bond donors (Lipinski definition) is 2. The summed E-state index contributed by atoms with van der Waals surface area (Å²) < 4.78 is 5.30. The number of rotatable bonds is 3. The molecular formula is C15H16N4O4S. The molecule has 0 saturated carbocycles. The molecule has 3 heterocycles. The maximum atomic E-state index is 12.3. The van der Waals surface area contributed by atoms with Gasteiger partial charge in [-0.15, -0.1) is 11.3 Å². The monoisotopic (exact) mass is 348 g/mol. The lowest BCUT2D eigenvalue weighted by molar-refractivity contribution is -0.140. The molecule has 0 spiro atoms. The number of hydrazone groups is 1. The average Bonchev–Trinajstić information content (AvgIpc) is 2.82. The fourth-order valence-corrected chi connectivity index (χ4v) is 3.41. The predicted molar refractivity (Wildman–Crippen MR) is 89.0 cm³/mol. The summed E-state index contributed by atoms with van der Waals surface area (Å²) in [7, 11) is 0. The number of H-pyrrole nitrogens is 1. The number of nitrogens with one attached hydrogen (secondary N) is 2. The zero-order valence-electron chi connectivity index (χ0n) is 13.4. The van der Waals surface area contributed by atoms with Gasteiger partial charge in [-0.25, -0.2) is 15.2 Å². The lowest BCUT2D eigenvalue weighted by Crippen LogP contribution is -2.31. The summed E-state index contributed by atoms with van der Waals surface area (Å²) >= 11 is 1.43. The van der Waals surface area contributed by atoms with Crippen molar-refractivity contribution in [1.29, 1.82) is 0 Å². The first-order valence-electron chi connectivity index (χ1n) is 7.43. The Kier molecular flexibility index (Phi) is 4.18. The maximum absolute atomic E-state index is 12.3. The Morgan fingerprint density at radius 2 is 2.04 bits per heavy atom. The van der Waals surface area contributed by atoms with E-state index in [9.17, 15) is 14.4 Å². The van der Waals surface area contributed by atoms with E-state index in [1.54, 1.807) is 6.92 Å². The molecule has 9 heteroatoms. The van der Waals surface area contributed by atoms with Gasteiger partial charge in [0.15, 0.2) is 11.9 Å². The zero-order valence-corrected chi connectivity index (χ0v) is 14.2. The Hall–Kier alpha value is -2.55. The molecule has 1 atom stereocenters. The van der Waals surface area contributed by atoms with E-state index >= 15 is 0 Å². The highest BCUT2D eigenvalue weighted by Crippen LogP contribution is 2.27. The molecule has 1 amide bonds. The van der Waals surface area contributed by atoms with Crippen LogP contribution in [0.5, 0.6) is 0 Å². The van der Waals surface area contributed by atoms with Gasteiger partial charge in [0.2, 0.25) is 5.91 Å². The van der Waals surface area contributed by atoms with Gasteiger partial charge < -0.3 is 9.72 Å². The number of ether oxygens (including phenoxy) is 1. The Labute approximate surface area is 140 Å². The number of carbonyl (C=O) groups excluding carboxylic acids is 2. The largest absolute Gasteiger partial charge is 0.450 e. The standard InChI is InChI=1S/C15H16N4O4S/c1-6-8(3)24-14-11(6)13(21)16-12(17-14)7(2)23-15(22)9-4-5-10(20)19-18-9/h7H,4-5H2,1-3H3,(H,19,20)(H,16,17,21)/t7-/m1/s1. The van der Waals surface area contributed by atoms with Gasteiger partial charge in [0.05, 0.1) is 5.39 Å². The number of fused-ring (bicyclic) bond motifs is 1. The second-order valence-corrected chi connectivity index (χ2v) is 6.76. The van der Waals surface area contributed by atoms with Gasteiger partial charge in [0.25, 0.3) is 5.56 Å². The third-order valence-corrected chi connectivity index (χ3v) is 4.97. The first-order chi connectivity index (χ1) is 11.4. The zero-order chi connectivity index (χ0) is 17.4. The van der Waals surface area contributed by atoms with Gasteiger partial charge in [0.1, 0.15) is 10.5 Å². The molecule has 126 valence electrons. The van der Waals surface area contributed by atoms with E-state index in [2.05, 4.69) is 20.5 Å². The minimum Gasteiger partial charge on any atom is -0.450 e. The summed E-state index contributed by atoms with van der Waals surface area (Å²) in [6.45, 7) is 5.43. The number of aromatic nitrogens is 2. The van der Waals surface area contributed by atoms with Gasteiger partial charge in [0, 0.05) is 17.7 Å². The first-order valence-corrected chi connectivity index (χ1v) is 8.24. The van der Waals surface area contributed by atoms with Crippen molar-refractivity contribution in [3.63, 3.8) is 0 Å². The van der Waals surface area contributed by atoms with Crippen molar-refractivity contribution in [2.75, 3.05) is 0 Å². The van der Waals surface area contributed by atoms with Crippen LogP contribution in [0.2, 0.25) is 0 Å². The lowest BCUT2D eigenvalue weighted by Gasteiger charge is -2.15. The lowest BCUT2D eigenvalue weighted by atomic mass is 10.2. The van der Waals surface area contributed by atoms with Crippen LogP contribution in [-0.4, -0.2) is 27.6 Å². The molecule has 2 aromatic rings. The Morgan fingerprint density at radius 1 is 1.29 bits per heavy atom. The van der Waals surface area contributed by atoms with Crippen molar-refractivity contribution in [2.45, 2.75) is 39.7 Å². The highest BCUT2D eigenvalue weighted by Gasteiger charge is 2.23. The number of aromatic amines is 1. The van der Waals surface area contributed by atoms with Gasteiger partial charge in [-0.1, -0.05) is 0 Å². The molecule has 0 radical (unpaired) electrons. The van der Waals surface area contributed by atoms with E-state index < -0.39 is 12.1 Å². The fourth-order valence-electron chi connectivity index (χ4n) is 2.37. The molecule has 8 nitrogen and oxygen atoms in total. The van der Waals surface area contributed by atoms with Crippen LogP contribution in [0.25, 0.3) is 10.2 Å². The van der Waals surface area contributed by atoms with Crippen molar-refractivity contribution < 1.29 is 14.3 Å². The second kappa shape index (κ2) is 6.16. The van der Waals surface area contributed by atoms with Crippen LogP contribution >= 0.6 is 11.3 Å². The summed E-state index contributed by atoms with van der Waals surface area (Å²) in [5.41, 5.74) is 3.05. The van der Waals surface area contributed by atoms with Gasteiger partial charge in [-0.2, -0.15) is 5.10 Å². The van der Waals surface area contributed by atoms with E-state index in [0.717, 1.165) is 10.4 Å². The fraction of sp³-hybridized carbons (Fsp3) is 0.400. The average molecular weight is 348 g/mol. The molecule has 0 aliphatic carbocycles. The molecule has 0 fully saturated rings. The van der Waals surface area contributed by atoms with Crippen LogP contribution < -0.4 is 11.0 Å². The number of hydrogen-bond acceptors (Lipinski definition) is 7. The SMILES string of the molecule is Cc1sc2nc([C@@H](C)OC(=O)C3=NNC(=O)CC3)[nH]c(=O)c2c1C. The third kappa shape index (κ3) is 2.94. The van der Waals surface area contributed by atoms with Crippen LogP contribution in [0.4, 0.5) is 0 Å². The van der Waals surface area contributed by atoms with Gasteiger partial charge in [-0.05, 0) is 26.3 Å². The molecule has 1 aliphatic heterocycles. The topological polar surface area (TPSA) is 114 Å². The number of nitrogens with zero attached hydrogens (tertiary/aromatic N) is 2. The van der Waals surface area contributed by atoms with Crippen molar-refractivity contribution in [1.82, 2.24) is 15.4 Å². The van der Waals surface area contributed by atoms with E-state index in [1.165, 1.54) is 11.3 Å². The molecule has 24 heavy (non-hydrogen) atoms. The molecule has 0 bridgehead atoms. The minimum atomic E-state index is -0.738. The van der Waals surface area contributed by atoms with E-state index in [-0.39, 0.29) is 35.8 Å². The van der Waals surface area contributed by atoms with E-state index in [0.29, 0.717) is 10.2 Å². The summed E-state index contributed by atoms with van der Waals surface area (Å²) in [4.78, 5) is 44.1. The van der Waals surface area contributed by atoms with Crippen molar-refractivity contribution in [2.24, 2.45) is 5.10 Å². The van der Waals surface area contributed by atoms with Crippen molar-refractivity contribution in [3.05, 3.63) is 26.6 Å². The number of amides is 1. The van der Waals surface area contributed by atoms with Gasteiger partial charge >= 0.3 is 5.97 Å². The summed E-state index contributed by atoms with van der Waals surface area (Å²) in [6.07, 6.45) is -0.321. The number of thiophene rings is 1. The highest BCUT2D eigenvalue weighted by atomic mass is 32.1. The summed E-state index contributed by atoms with van der Waals surface area (Å²) in [5, 5.41) is 4.26. The number of carbonyl (C=O) groups is 2.